The highest BCUT2D eigenvalue weighted by atomic mass is 79.9. The Morgan fingerprint density at radius 1 is 1.41 bits per heavy atom. The number of carbonyl (C=O) groups is 2. The minimum absolute atomic E-state index is 0.0657. The SMILES string of the molecule is CC(CCCCC(=O)O)OC(C=O)(CBr)CBr. The first-order valence-corrected chi connectivity index (χ1v) is 7.72. The van der Waals surface area contributed by atoms with Gasteiger partial charge in [0.05, 0.1) is 6.10 Å². The molecule has 100 valence electrons. The van der Waals surface area contributed by atoms with Gasteiger partial charge in [-0.3, -0.25) is 4.79 Å². The molecule has 0 aromatic rings. The van der Waals surface area contributed by atoms with E-state index in [1.807, 2.05) is 6.92 Å². The van der Waals surface area contributed by atoms with Crippen LogP contribution in [0.3, 0.4) is 0 Å². The van der Waals surface area contributed by atoms with Crippen LogP contribution in [-0.4, -0.2) is 39.7 Å². The van der Waals surface area contributed by atoms with Gasteiger partial charge in [-0.2, -0.15) is 0 Å². The van der Waals surface area contributed by atoms with Crippen LogP contribution in [0, 0.1) is 0 Å². The van der Waals surface area contributed by atoms with E-state index in [4.69, 9.17) is 9.84 Å². The van der Waals surface area contributed by atoms with Gasteiger partial charge in [0.15, 0.2) is 6.29 Å². The number of halogens is 2. The molecule has 0 saturated carbocycles. The number of carboxylic acids is 1. The first-order valence-electron chi connectivity index (χ1n) is 5.47. The van der Waals surface area contributed by atoms with Crippen molar-refractivity contribution < 1.29 is 19.4 Å². The lowest BCUT2D eigenvalue weighted by Gasteiger charge is -2.28. The van der Waals surface area contributed by atoms with Crippen molar-refractivity contribution in [3.8, 4) is 0 Å². The maximum absolute atomic E-state index is 11.0. The number of alkyl halides is 2. The summed E-state index contributed by atoms with van der Waals surface area (Å²) in [6, 6.07) is 0. The molecule has 4 nitrogen and oxygen atoms in total. The summed E-state index contributed by atoms with van der Waals surface area (Å²) >= 11 is 6.52. The Balaban J connectivity index is 3.94. The van der Waals surface area contributed by atoms with E-state index in [0.29, 0.717) is 17.1 Å². The van der Waals surface area contributed by atoms with E-state index >= 15 is 0 Å². The highest BCUT2D eigenvalue weighted by Crippen LogP contribution is 2.20. The molecule has 17 heavy (non-hydrogen) atoms. The fourth-order valence-electron chi connectivity index (χ4n) is 1.36. The predicted octanol–water partition coefficient (Wildman–Crippen LogP) is 2.76. The van der Waals surface area contributed by atoms with Crippen LogP contribution >= 0.6 is 31.9 Å². The van der Waals surface area contributed by atoms with Gasteiger partial charge in [-0.1, -0.05) is 38.3 Å². The molecule has 0 aromatic carbocycles. The maximum atomic E-state index is 11.0. The zero-order valence-electron chi connectivity index (χ0n) is 9.83. The van der Waals surface area contributed by atoms with Crippen LogP contribution in [-0.2, 0) is 14.3 Å². The van der Waals surface area contributed by atoms with Crippen molar-refractivity contribution in [2.24, 2.45) is 0 Å². The Morgan fingerprint density at radius 2 is 2.00 bits per heavy atom. The average molecular weight is 374 g/mol. The lowest BCUT2D eigenvalue weighted by molar-refractivity contribution is -0.137. The molecular formula is C11H18Br2O4. The average Bonchev–Trinajstić information content (AvgIpc) is 2.32. The van der Waals surface area contributed by atoms with E-state index in [2.05, 4.69) is 31.9 Å². The number of aldehydes is 1. The first kappa shape index (κ1) is 17.1. The minimum Gasteiger partial charge on any atom is -0.481 e. The third kappa shape index (κ3) is 7.16. The molecular weight excluding hydrogens is 356 g/mol. The van der Waals surface area contributed by atoms with Crippen LogP contribution in [0.4, 0.5) is 0 Å². The number of hydrogen-bond acceptors (Lipinski definition) is 3. The summed E-state index contributed by atoms with van der Waals surface area (Å²) in [6.07, 6.45) is 3.09. The smallest absolute Gasteiger partial charge is 0.303 e. The molecule has 0 radical (unpaired) electrons. The van der Waals surface area contributed by atoms with Gasteiger partial charge in [0.2, 0.25) is 0 Å². The molecule has 6 heteroatoms. The fourth-order valence-corrected chi connectivity index (χ4v) is 2.81. The second-order valence-corrected chi connectivity index (χ2v) is 5.14. The van der Waals surface area contributed by atoms with Crippen LogP contribution < -0.4 is 0 Å². The number of hydrogen-bond donors (Lipinski definition) is 1. The lowest BCUT2D eigenvalue weighted by atomic mass is 10.1. The van der Waals surface area contributed by atoms with E-state index in [0.717, 1.165) is 19.1 Å². The van der Waals surface area contributed by atoms with Crippen molar-refractivity contribution in [3.63, 3.8) is 0 Å². The van der Waals surface area contributed by atoms with Crippen molar-refractivity contribution >= 4 is 44.1 Å². The second kappa shape index (κ2) is 9.05. The van der Waals surface area contributed by atoms with Gasteiger partial charge in [-0.25, -0.2) is 0 Å². The van der Waals surface area contributed by atoms with Crippen LogP contribution in [0.25, 0.3) is 0 Å². The number of aliphatic carboxylic acids is 1. The molecule has 0 aliphatic carbocycles. The minimum atomic E-state index is -0.827. The molecule has 0 aliphatic rings. The first-order chi connectivity index (χ1) is 7.99. The molecule has 0 aliphatic heterocycles. The van der Waals surface area contributed by atoms with Crippen LogP contribution in [0.1, 0.15) is 32.6 Å². The maximum Gasteiger partial charge on any atom is 0.303 e. The number of carbonyl (C=O) groups excluding carboxylic acids is 1. The third-order valence-electron chi connectivity index (χ3n) is 2.35. The van der Waals surface area contributed by atoms with Crippen LogP contribution in [0.15, 0.2) is 0 Å². The van der Waals surface area contributed by atoms with Gasteiger partial charge < -0.3 is 14.6 Å². The molecule has 0 bridgehead atoms. The molecule has 0 rings (SSSR count). The lowest BCUT2D eigenvalue weighted by Crippen LogP contribution is -2.41. The summed E-state index contributed by atoms with van der Waals surface area (Å²) < 4.78 is 5.68. The quantitative estimate of drug-likeness (QED) is 0.363. The van der Waals surface area contributed by atoms with Crippen molar-refractivity contribution in [1.82, 2.24) is 0 Å². The van der Waals surface area contributed by atoms with Gasteiger partial charge in [0.1, 0.15) is 5.60 Å². The van der Waals surface area contributed by atoms with Gasteiger partial charge in [0.25, 0.3) is 0 Å². The number of unbranched alkanes of at least 4 members (excludes halogenated alkanes) is 1. The third-order valence-corrected chi connectivity index (χ3v) is 4.25. The molecule has 0 spiro atoms. The Labute approximate surface area is 118 Å². The van der Waals surface area contributed by atoms with E-state index in [-0.39, 0.29) is 12.5 Å². The molecule has 1 N–H and O–H groups in total. The van der Waals surface area contributed by atoms with E-state index in [9.17, 15) is 9.59 Å². The summed E-state index contributed by atoms with van der Waals surface area (Å²) in [7, 11) is 0. The molecule has 0 amide bonds. The topological polar surface area (TPSA) is 63.6 Å². The van der Waals surface area contributed by atoms with Crippen LogP contribution in [0.2, 0.25) is 0 Å². The Morgan fingerprint density at radius 3 is 2.41 bits per heavy atom. The van der Waals surface area contributed by atoms with Crippen molar-refractivity contribution in [3.05, 3.63) is 0 Å². The normalized spacial score (nSPS) is 13.4. The summed E-state index contributed by atoms with van der Waals surface area (Å²) in [6.45, 7) is 1.89. The van der Waals surface area contributed by atoms with E-state index in [1.165, 1.54) is 0 Å². The molecule has 1 atom stereocenters. The molecule has 0 aromatic heterocycles. The highest BCUT2D eigenvalue weighted by molar-refractivity contribution is 9.09. The summed E-state index contributed by atoms with van der Waals surface area (Å²) in [4.78, 5) is 21.3. The van der Waals surface area contributed by atoms with Gasteiger partial charge in [-0.05, 0) is 19.8 Å². The van der Waals surface area contributed by atoms with E-state index in [1.54, 1.807) is 0 Å². The van der Waals surface area contributed by atoms with Gasteiger partial charge >= 0.3 is 5.97 Å². The summed E-state index contributed by atoms with van der Waals surface area (Å²) in [5.74, 6) is -0.776. The van der Waals surface area contributed by atoms with Gasteiger partial charge in [0, 0.05) is 17.1 Å². The molecule has 0 heterocycles. The zero-order chi connectivity index (χ0) is 13.3. The standard InChI is InChI=1S/C11H18Br2O4/c1-9(4-2-3-5-10(15)16)17-11(6-12,7-13)8-14/h8-9H,2-7H2,1H3,(H,15,16). The van der Waals surface area contributed by atoms with Crippen molar-refractivity contribution in [2.45, 2.75) is 44.3 Å². The van der Waals surface area contributed by atoms with Crippen molar-refractivity contribution in [1.29, 1.82) is 0 Å². The number of ether oxygens (including phenoxy) is 1. The van der Waals surface area contributed by atoms with Gasteiger partial charge in [-0.15, -0.1) is 0 Å². The summed E-state index contributed by atoms with van der Waals surface area (Å²) in [5.41, 5.74) is -0.827. The number of rotatable bonds is 10. The molecule has 0 saturated heterocycles. The zero-order valence-corrected chi connectivity index (χ0v) is 13.0. The van der Waals surface area contributed by atoms with Crippen LogP contribution in [0.5, 0.6) is 0 Å². The monoisotopic (exact) mass is 372 g/mol. The summed E-state index contributed by atoms with van der Waals surface area (Å²) in [5, 5.41) is 9.37. The Kier molecular flexibility index (Phi) is 9.08. The fraction of sp³-hybridized carbons (Fsp3) is 0.818. The predicted molar refractivity (Wildman–Crippen MR) is 73.0 cm³/mol. The Bertz CT molecular complexity index is 242. The van der Waals surface area contributed by atoms with Crippen molar-refractivity contribution in [2.75, 3.05) is 10.7 Å². The second-order valence-electron chi connectivity index (χ2n) is 4.02. The Hall–Kier alpha value is 0.0600. The van der Waals surface area contributed by atoms with E-state index < -0.39 is 11.6 Å². The highest BCUT2D eigenvalue weighted by Gasteiger charge is 2.30. The largest absolute Gasteiger partial charge is 0.481 e. The number of carboxylic acid groups (broad SMARTS) is 1. The molecule has 1 unspecified atom stereocenters. The molecule has 0 fully saturated rings.